The lowest BCUT2D eigenvalue weighted by Crippen LogP contribution is -2.37. The van der Waals surface area contributed by atoms with Crippen LogP contribution in [0, 0.1) is 5.92 Å². The van der Waals surface area contributed by atoms with Gasteiger partial charge in [-0.3, -0.25) is 9.97 Å². The maximum atomic E-state index is 5.65. The van der Waals surface area contributed by atoms with E-state index in [1.807, 2.05) is 12.1 Å². The molecule has 1 aliphatic heterocycles. The van der Waals surface area contributed by atoms with E-state index in [2.05, 4.69) is 45.2 Å². The first-order valence-corrected chi connectivity index (χ1v) is 10.7. The molecule has 0 N–H and O–H groups in total. The van der Waals surface area contributed by atoms with Crippen molar-refractivity contribution in [2.75, 3.05) is 25.1 Å². The number of pyridine rings is 2. The summed E-state index contributed by atoms with van der Waals surface area (Å²) in [7, 11) is 1.67. The number of fused-ring (bicyclic) bond motifs is 1. The van der Waals surface area contributed by atoms with E-state index in [1.165, 1.54) is 12.0 Å². The van der Waals surface area contributed by atoms with Crippen molar-refractivity contribution >= 4 is 16.7 Å². The lowest BCUT2D eigenvalue weighted by Gasteiger charge is -2.34. The quantitative estimate of drug-likeness (QED) is 0.480. The number of hydrogen-bond acceptors (Lipinski definition) is 6. The zero-order valence-electron chi connectivity index (χ0n) is 17.6. The van der Waals surface area contributed by atoms with Gasteiger partial charge in [0.05, 0.1) is 30.4 Å². The number of hydrogen-bond donors (Lipinski definition) is 0. The van der Waals surface area contributed by atoms with Gasteiger partial charge in [-0.2, -0.15) is 0 Å². The van der Waals surface area contributed by atoms with E-state index < -0.39 is 0 Å². The van der Waals surface area contributed by atoms with Crippen molar-refractivity contribution in [3.8, 4) is 17.1 Å². The van der Waals surface area contributed by atoms with Gasteiger partial charge in [0.25, 0.3) is 0 Å². The molecule has 1 saturated heterocycles. The highest BCUT2D eigenvalue weighted by atomic mass is 16.5. The third-order valence-electron chi connectivity index (χ3n) is 5.90. The Morgan fingerprint density at radius 1 is 1.00 bits per heavy atom. The van der Waals surface area contributed by atoms with E-state index in [1.54, 1.807) is 31.9 Å². The van der Waals surface area contributed by atoms with Crippen LogP contribution < -0.4 is 9.64 Å². The standard InChI is InChI=1S/C25H25N5O/c1-31-22-16-27-15-21-23(22)25(29-24(28-21)20-9-11-26-12-10-20)30-13-5-8-19(17-30)14-18-6-3-2-4-7-18/h2-4,6-7,9-12,15-16,19H,5,8,13-14,17H2,1H3/t19-/m0/s1. The summed E-state index contributed by atoms with van der Waals surface area (Å²) in [6.45, 7) is 1.93. The summed E-state index contributed by atoms with van der Waals surface area (Å²) >= 11 is 0. The van der Waals surface area contributed by atoms with E-state index >= 15 is 0 Å². The van der Waals surface area contributed by atoms with Crippen LogP contribution >= 0.6 is 0 Å². The number of aromatic nitrogens is 4. The molecule has 0 radical (unpaired) electrons. The molecule has 0 saturated carbocycles. The molecule has 4 aromatic rings. The predicted molar refractivity (Wildman–Crippen MR) is 122 cm³/mol. The van der Waals surface area contributed by atoms with E-state index in [4.69, 9.17) is 14.7 Å². The fourth-order valence-corrected chi connectivity index (χ4v) is 4.42. The Labute approximate surface area is 182 Å². The maximum absolute atomic E-state index is 5.65. The van der Waals surface area contributed by atoms with Gasteiger partial charge in [-0.05, 0) is 42.9 Å². The van der Waals surface area contributed by atoms with Crippen LogP contribution in [-0.2, 0) is 6.42 Å². The Balaban J connectivity index is 1.55. The van der Waals surface area contributed by atoms with Crippen LogP contribution in [0.5, 0.6) is 5.75 Å². The molecule has 0 unspecified atom stereocenters. The number of benzene rings is 1. The van der Waals surface area contributed by atoms with Crippen molar-refractivity contribution in [1.82, 2.24) is 19.9 Å². The molecule has 0 aliphatic carbocycles. The van der Waals surface area contributed by atoms with Crippen molar-refractivity contribution in [2.45, 2.75) is 19.3 Å². The van der Waals surface area contributed by atoms with E-state index in [0.717, 1.165) is 48.2 Å². The average molecular weight is 412 g/mol. The molecule has 1 atom stereocenters. The van der Waals surface area contributed by atoms with E-state index in [0.29, 0.717) is 17.5 Å². The molecule has 1 fully saturated rings. The van der Waals surface area contributed by atoms with Crippen LogP contribution in [0.25, 0.3) is 22.3 Å². The predicted octanol–water partition coefficient (Wildman–Crippen LogP) is 4.55. The molecule has 4 heterocycles. The first-order valence-electron chi connectivity index (χ1n) is 10.7. The van der Waals surface area contributed by atoms with Crippen LogP contribution in [0.3, 0.4) is 0 Å². The summed E-state index contributed by atoms with van der Waals surface area (Å²) in [5, 5.41) is 0.927. The minimum atomic E-state index is 0.582. The molecule has 3 aromatic heterocycles. The molecule has 1 aliphatic rings. The third kappa shape index (κ3) is 4.06. The summed E-state index contributed by atoms with van der Waals surface area (Å²) in [5.41, 5.74) is 3.13. The van der Waals surface area contributed by atoms with Crippen molar-refractivity contribution in [3.63, 3.8) is 0 Å². The van der Waals surface area contributed by atoms with Crippen LogP contribution in [0.4, 0.5) is 5.82 Å². The van der Waals surface area contributed by atoms with Crippen molar-refractivity contribution < 1.29 is 4.74 Å². The third-order valence-corrected chi connectivity index (χ3v) is 5.90. The van der Waals surface area contributed by atoms with Crippen LogP contribution in [0.15, 0.2) is 67.3 Å². The molecular formula is C25H25N5O. The van der Waals surface area contributed by atoms with Crippen LogP contribution in [0.2, 0.25) is 0 Å². The van der Waals surface area contributed by atoms with Gasteiger partial charge in [-0.1, -0.05) is 30.3 Å². The number of ether oxygens (including phenoxy) is 1. The highest BCUT2D eigenvalue weighted by Gasteiger charge is 2.25. The Morgan fingerprint density at radius 2 is 1.84 bits per heavy atom. The molecule has 5 rings (SSSR count). The molecule has 0 bridgehead atoms. The zero-order chi connectivity index (χ0) is 21.0. The van der Waals surface area contributed by atoms with Gasteiger partial charge >= 0.3 is 0 Å². The molecule has 6 heteroatoms. The molecule has 6 nitrogen and oxygen atoms in total. The molecule has 1 aromatic carbocycles. The summed E-state index contributed by atoms with van der Waals surface area (Å²) < 4.78 is 5.65. The highest BCUT2D eigenvalue weighted by Crippen LogP contribution is 2.35. The largest absolute Gasteiger partial charge is 0.494 e. The van der Waals surface area contributed by atoms with Crippen LogP contribution in [-0.4, -0.2) is 40.1 Å². The smallest absolute Gasteiger partial charge is 0.162 e. The first kappa shape index (κ1) is 19.4. The first-order chi connectivity index (χ1) is 15.3. The molecule has 0 amide bonds. The number of methoxy groups -OCH3 is 1. The lowest BCUT2D eigenvalue weighted by molar-refractivity contribution is 0.409. The maximum Gasteiger partial charge on any atom is 0.162 e. The Morgan fingerprint density at radius 3 is 2.65 bits per heavy atom. The van der Waals surface area contributed by atoms with Gasteiger partial charge in [0.15, 0.2) is 5.82 Å². The second kappa shape index (κ2) is 8.68. The highest BCUT2D eigenvalue weighted by molar-refractivity contribution is 5.95. The normalized spacial score (nSPS) is 16.4. The van der Waals surface area contributed by atoms with Crippen molar-refractivity contribution in [2.24, 2.45) is 5.92 Å². The number of nitrogens with zero attached hydrogens (tertiary/aromatic N) is 5. The Bertz CT molecular complexity index is 1170. The fraction of sp³-hybridized carbons (Fsp3) is 0.280. The zero-order valence-corrected chi connectivity index (χ0v) is 17.6. The Kier molecular flexibility index (Phi) is 5.44. The summed E-state index contributed by atoms with van der Waals surface area (Å²) in [6.07, 6.45) is 10.5. The Hall–Kier alpha value is -3.54. The molecular weight excluding hydrogens is 386 g/mol. The number of rotatable bonds is 5. The van der Waals surface area contributed by atoms with Gasteiger partial charge in [0.2, 0.25) is 0 Å². The summed E-state index contributed by atoms with van der Waals surface area (Å²) in [5.74, 6) is 2.90. The summed E-state index contributed by atoms with van der Waals surface area (Å²) in [6, 6.07) is 14.6. The summed E-state index contributed by atoms with van der Waals surface area (Å²) in [4.78, 5) is 20.7. The topological polar surface area (TPSA) is 64.0 Å². The lowest BCUT2D eigenvalue weighted by atomic mass is 9.91. The number of piperidine rings is 1. The van der Waals surface area contributed by atoms with E-state index in [-0.39, 0.29) is 0 Å². The molecule has 31 heavy (non-hydrogen) atoms. The van der Waals surface area contributed by atoms with Gasteiger partial charge in [0.1, 0.15) is 11.6 Å². The van der Waals surface area contributed by atoms with Crippen molar-refractivity contribution in [1.29, 1.82) is 0 Å². The SMILES string of the molecule is COc1cncc2nc(-c3ccncc3)nc(N3CCC[C@@H](Cc4ccccc4)C3)c12. The molecule has 0 spiro atoms. The van der Waals surface area contributed by atoms with Gasteiger partial charge < -0.3 is 9.64 Å². The second-order valence-electron chi connectivity index (χ2n) is 7.99. The monoisotopic (exact) mass is 411 g/mol. The van der Waals surface area contributed by atoms with Crippen molar-refractivity contribution in [3.05, 3.63) is 72.8 Å². The van der Waals surface area contributed by atoms with Gasteiger partial charge in [-0.25, -0.2) is 9.97 Å². The number of anilines is 1. The fourth-order valence-electron chi connectivity index (χ4n) is 4.42. The minimum Gasteiger partial charge on any atom is -0.494 e. The van der Waals surface area contributed by atoms with Gasteiger partial charge in [0, 0.05) is 31.0 Å². The average Bonchev–Trinajstić information content (AvgIpc) is 2.84. The van der Waals surface area contributed by atoms with E-state index in [9.17, 15) is 0 Å². The van der Waals surface area contributed by atoms with Crippen LogP contribution in [0.1, 0.15) is 18.4 Å². The minimum absolute atomic E-state index is 0.582. The second-order valence-corrected chi connectivity index (χ2v) is 7.99. The van der Waals surface area contributed by atoms with Gasteiger partial charge in [-0.15, -0.1) is 0 Å². The molecule has 156 valence electrons.